The van der Waals surface area contributed by atoms with Crippen molar-refractivity contribution < 1.29 is 9.18 Å². The molecule has 0 fully saturated rings. The van der Waals surface area contributed by atoms with E-state index in [1.165, 1.54) is 6.07 Å². The van der Waals surface area contributed by atoms with Gasteiger partial charge < -0.3 is 9.88 Å². The van der Waals surface area contributed by atoms with Gasteiger partial charge >= 0.3 is 0 Å². The number of nitrogens with one attached hydrogen (secondary N) is 1. The van der Waals surface area contributed by atoms with Gasteiger partial charge in [0.1, 0.15) is 11.5 Å². The molecular weight excluding hydrogens is 283 g/mol. The molecule has 0 bridgehead atoms. The maximum absolute atomic E-state index is 13.8. The molecule has 0 aliphatic rings. The van der Waals surface area contributed by atoms with Gasteiger partial charge in [-0.1, -0.05) is 6.07 Å². The van der Waals surface area contributed by atoms with Gasteiger partial charge in [0.2, 0.25) is 0 Å². The van der Waals surface area contributed by atoms with E-state index in [0.717, 1.165) is 0 Å². The van der Waals surface area contributed by atoms with Crippen LogP contribution in [0.25, 0.3) is 10.9 Å². The summed E-state index contributed by atoms with van der Waals surface area (Å²) < 4.78 is 17.2. The molecule has 2 aromatic heterocycles. The Kier molecular flexibility index (Phi) is 3.44. The molecule has 0 saturated carbocycles. The van der Waals surface area contributed by atoms with Crippen LogP contribution in [-0.4, -0.2) is 20.3 Å². The molecule has 0 spiro atoms. The summed E-state index contributed by atoms with van der Waals surface area (Å²) in [6.45, 7) is 4.01. The lowest BCUT2D eigenvalue weighted by Gasteiger charge is -2.05. The van der Waals surface area contributed by atoms with E-state index in [0.29, 0.717) is 22.3 Å². The van der Waals surface area contributed by atoms with Crippen molar-refractivity contribution in [3.05, 3.63) is 48.2 Å². The maximum Gasteiger partial charge on any atom is 0.272 e. The van der Waals surface area contributed by atoms with Gasteiger partial charge in [-0.15, -0.1) is 0 Å². The molecule has 1 N–H and O–H groups in total. The van der Waals surface area contributed by atoms with Gasteiger partial charge in [0.05, 0.1) is 17.4 Å². The van der Waals surface area contributed by atoms with Gasteiger partial charge in [-0.3, -0.25) is 9.48 Å². The Morgan fingerprint density at radius 3 is 2.77 bits per heavy atom. The van der Waals surface area contributed by atoms with Gasteiger partial charge in [-0.05, 0) is 32.0 Å². The quantitative estimate of drug-likeness (QED) is 0.806. The average Bonchev–Trinajstić information content (AvgIpc) is 3.05. The average molecular weight is 300 g/mol. The first-order valence-corrected chi connectivity index (χ1v) is 7.07. The van der Waals surface area contributed by atoms with Crippen LogP contribution in [0.2, 0.25) is 0 Å². The van der Waals surface area contributed by atoms with E-state index in [-0.39, 0.29) is 17.8 Å². The fourth-order valence-electron chi connectivity index (χ4n) is 2.42. The van der Waals surface area contributed by atoms with E-state index in [2.05, 4.69) is 10.4 Å². The van der Waals surface area contributed by atoms with Gasteiger partial charge in [0.25, 0.3) is 5.91 Å². The molecule has 6 heteroatoms. The van der Waals surface area contributed by atoms with Crippen LogP contribution in [0, 0.1) is 5.82 Å². The van der Waals surface area contributed by atoms with Crippen molar-refractivity contribution in [1.29, 1.82) is 0 Å². The van der Waals surface area contributed by atoms with E-state index in [4.69, 9.17) is 0 Å². The van der Waals surface area contributed by atoms with Gasteiger partial charge in [-0.2, -0.15) is 5.10 Å². The predicted molar refractivity (Wildman–Crippen MR) is 83.4 cm³/mol. The van der Waals surface area contributed by atoms with Crippen molar-refractivity contribution in [2.75, 3.05) is 5.32 Å². The Labute approximate surface area is 127 Å². The number of aryl methyl sites for hydroxylation is 1. The van der Waals surface area contributed by atoms with Crippen LogP contribution in [0.4, 0.5) is 10.1 Å². The third-order valence-corrected chi connectivity index (χ3v) is 3.65. The highest BCUT2D eigenvalue weighted by molar-refractivity contribution is 6.06. The minimum Gasteiger partial charge on any atom is -0.340 e. The molecular formula is C16H17FN4O. The summed E-state index contributed by atoms with van der Waals surface area (Å²) in [6.07, 6.45) is 3.37. The van der Waals surface area contributed by atoms with Gasteiger partial charge in [0, 0.05) is 24.7 Å². The molecule has 0 aliphatic heterocycles. The van der Waals surface area contributed by atoms with Crippen LogP contribution in [0.1, 0.15) is 30.4 Å². The van der Waals surface area contributed by atoms with Crippen molar-refractivity contribution in [3.8, 4) is 0 Å². The molecule has 0 atom stereocenters. The Morgan fingerprint density at radius 2 is 2.14 bits per heavy atom. The zero-order chi connectivity index (χ0) is 15.9. The van der Waals surface area contributed by atoms with E-state index in [1.807, 2.05) is 13.8 Å². The second kappa shape index (κ2) is 5.29. The third kappa shape index (κ3) is 2.36. The van der Waals surface area contributed by atoms with Crippen LogP contribution < -0.4 is 5.32 Å². The summed E-state index contributed by atoms with van der Waals surface area (Å²) in [4.78, 5) is 12.4. The summed E-state index contributed by atoms with van der Waals surface area (Å²) in [5.41, 5.74) is 1.70. The number of benzene rings is 1. The van der Waals surface area contributed by atoms with Crippen molar-refractivity contribution in [1.82, 2.24) is 14.3 Å². The molecule has 3 aromatic rings. The van der Waals surface area contributed by atoms with E-state index in [9.17, 15) is 9.18 Å². The van der Waals surface area contributed by atoms with Crippen LogP contribution in [0.5, 0.6) is 0 Å². The van der Waals surface area contributed by atoms with Crippen molar-refractivity contribution in [3.63, 3.8) is 0 Å². The highest BCUT2D eigenvalue weighted by Gasteiger charge is 2.16. The van der Waals surface area contributed by atoms with Crippen molar-refractivity contribution >= 4 is 22.5 Å². The fraction of sp³-hybridized carbons (Fsp3) is 0.250. The number of anilines is 1. The minimum atomic E-state index is -0.334. The molecule has 114 valence electrons. The lowest BCUT2D eigenvalue weighted by molar-refractivity contribution is 0.101. The molecule has 0 aliphatic carbocycles. The Bertz CT molecular complexity index is 847. The number of carbonyl (C=O) groups is 1. The Hall–Kier alpha value is -2.63. The standard InChI is InChI=1S/C16H17FN4O/c1-10(2)21-9-11(8-18-21)19-16(22)15-7-12-13(17)5-4-6-14(12)20(15)3/h4-10H,1-3H3,(H,19,22). The van der Waals surface area contributed by atoms with Crippen molar-refractivity contribution in [2.45, 2.75) is 19.9 Å². The number of aromatic nitrogens is 3. The SMILES string of the molecule is CC(C)n1cc(NC(=O)c2cc3c(F)cccc3n2C)cn1. The molecule has 1 aromatic carbocycles. The predicted octanol–water partition coefficient (Wildman–Crippen LogP) is 3.35. The molecule has 1 amide bonds. The van der Waals surface area contributed by atoms with E-state index >= 15 is 0 Å². The molecule has 0 unspecified atom stereocenters. The number of amides is 1. The maximum atomic E-state index is 13.8. The molecule has 0 saturated heterocycles. The van der Waals surface area contributed by atoms with Crippen molar-refractivity contribution in [2.24, 2.45) is 7.05 Å². The number of rotatable bonds is 3. The number of hydrogen-bond donors (Lipinski definition) is 1. The zero-order valence-corrected chi connectivity index (χ0v) is 12.7. The first-order chi connectivity index (χ1) is 10.5. The summed E-state index contributed by atoms with van der Waals surface area (Å²) in [6, 6.07) is 6.58. The monoisotopic (exact) mass is 300 g/mol. The van der Waals surface area contributed by atoms with E-state index < -0.39 is 0 Å². The van der Waals surface area contributed by atoms with E-state index in [1.54, 1.807) is 46.9 Å². The number of hydrogen-bond acceptors (Lipinski definition) is 2. The molecule has 0 radical (unpaired) electrons. The third-order valence-electron chi connectivity index (χ3n) is 3.65. The topological polar surface area (TPSA) is 51.9 Å². The largest absolute Gasteiger partial charge is 0.340 e. The second-order valence-corrected chi connectivity index (χ2v) is 5.52. The second-order valence-electron chi connectivity index (χ2n) is 5.52. The minimum absolute atomic E-state index is 0.220. The normalized spacial score (nSPS) is 11.3. The number of fused-ring (bicyclic) bond motifs is 1. The molecule has 3 rings (SSSR count). The lowest BCUT2D eigenvalue weighted by Crippen LogP contribution is -2.15. The number of nitrogens with zero attached hydrogens (tertiary/aromatic N) is 3. The summed E-state index contributed by atoms with van der Waals surface area (Å²) >= 11 is 0. The van der Waals surface area contributed by atoms with Gasteiger partial charge in [0.15, 0.2) is 0 Å². The summed E-state index contributed by atoms with van der Waals surface area (Å²) in [5.74, 6) is -0.624. The number of halogens is 1. The highest BCUT2D eigenvalue weighted by Crippen LogP contribution is 2.22. The summed E-state index contributed by atoms with van der Waals surface area (Å²) in [5, 5.41) is 7.40. The van der Waals surface area contributed by atoms with Crippen LogP contribution >= 0.6 is 0 Å². The fourth-order valence-corrected chi connectivity index (χ4v) is 2.42. The smallest absolute Gasteiger partial charge is 0.272 e. The lowest BCUT2D eigenvalue weighted by atomic mass is 10.2. The van der Waals surface area contributed by atoms with Gasteiger partial charge in [-0.25, -0.2) is 4.39 Å². The number of carbonyl (C=O) groups excluding carboxylic acids is 1. The Morgan fingerprint density at radius 1 is 1.36 bits per heavy atom. The molecule has 22 heavy (non-hydrogen) atoms. The van der Waals surface area contributed by atoms with Crippen LogP contribution in [-0.2, 0) is 7.05 Å². The molecule has 5 nitrogen and oxygen atoms in total. The van der Waals surface area contributed by atoms with Crippen LogP contribution in [0.15, 0.2) is 36.7 Å². The van der Waals surface area contributed by atoms with Crippen LogP contribution in [0.3, 0.4) is 0 Å². The highest BCUT2D eigenvalue weighted by atomic mass is 19.1. The zero-order valence-electron chi connectivity index (χ0n) is 12.7. The summed E-state index contributed by atoms with van der Waals surface area (Å²) in [7, 11) is 1.74. The first-order valence-electron chi connectivity index (χ1n) is 7.07. The Balaban J connectivity index is 1.91. The first kappa shape index (κ1) is 14.3. The molecule has 2 heterocycles.